The van der Waals surface area contributed by atoms with Gasteiger partial charge in [-0.05, 0) is 49.6 Å². The number of unbranched alkanes of at least 4 members (excludes halogenated alkanes) is 3. The summed E-state index contributed by atoms with van der Waals surface area (Å²) in [6.45, 7) is 0.340. The Bertz CT molecular complexity index is 630. The van der Waals surface area contributed by atoms with Gasteiger partial charge in [0.15, 0.2) is 0 Å². The molecule has 0 radical (unpaired) electrons. The fraction of sp³-hybridized carbons (Fsp3) is 0.375. The summed E-state index contributed by atoms with van der Waals surface area (Å²) in [6.07, 6.45) is -1.65. The van der Waals surface area contributed by atoms with Crippen LogP contribution < -0.4 is 15.4 Å². The lowest BCUT2D eigenvalue weighted by Crippen LogP contribution is -2.29. The Morgan fingerprint density at radius 1 is 1.12 bits per heavy atom. The molecular weight excluding hydrogens is 360 g/mol. The number of carbonyl (C=O) groups is 2. The lowest BCUT2D eigenvalue weighted by Gasteiger charge is -2.10. The summed E-state index contributed by atoms with van der Waals surface area (Å²) >= 11 is 0. The molecule has 2 amide bonds. The molecule has 0 atom stereocenters. The first kappa shape index (κ1) is 21.3. The molecule has 0 aromatic heterocycles. The van der Waals surface area contributed by atoms with E-state index in [1.54, 1.807) is 0 Å². The fourth-order valence-corrected chi connectivity index (χ4v) is 1.88. The number of carboxylic acid groups (broad SMARTS) is 1. The SMILES string of the molecule is O=C(NCCCCC/C=C(/F)C(=O)O)Nc1ccc(OC(F)(F)F)cc1. The van der Waals surface area contributed by atoms with Crippen LogP contribution in [-0.2, 0) is 4.79 Å². The molecule has 1 aromatic rings. The molecule has 0 bridgehead atoms. The summed E-state index contributed by atoms with van der Waals surface area (Å²) in [4.78, 5) is 21.8. The number of urea groups is 1. The number of allylic oxidation sites excluding steroid dienone is 1. The molecular formula is C16H18F4N2O4. The lowest BCUT2D eigenvalue weighted by atomic mass is 10.2. The molecule has 0 saturated carbocycles. The Balaban J connectivity index is 2.20. The van der Waals surface area contributed by atoms with Crippen molar-refractivity contribution >= 4 is 17.7 Å². The van der Waals surface area contributed by atoms with Crippen LogP contribution in [0, 0.1) is 0 Å². The second kappa shape index (κ2) is 10.3. The van der Waals surface area contributed by atoms with Crippen molar-refractivity contribution < 1.29 is 37.0 Å². The molecule has 144 valence electrons. The van der Waals surface area contributed by atoms with E-state index in [1.165, 1.54) is 12.1 Å². The molecule has 1 aromatic carbocycles. The van der Waals surface area contributed by atoms with Crippen molar-refractivity contribution in [3.05, 3.63) is 36.2 Å². The molecule has 0 saturated heterocycles. The van der Waals surface area contributed by atoms with Gasteiger partial charge in [0, 0.05) is 12.2 Å². The maximum atomic E-state index is 12.7. The number of hydrogen-bond donors (Lipinski definition) is 3. The number of amides is 2. The van der Waals surface area contributed by atoms with E-state index in [1.807, 2.05) is 0 Å². The molecule has 0 aliphatic rings. The van der Waals surface area contributed by atoms with Crippen LogP contribution in [0.4, 0.5) is 28.0 Å². The summed E-state index contributed by atoms with van der Waals surface area (Å²) in [5.74, 6) is -3.17. The van der Waals surface area contributed by atoms with Gasteiger partial charge < -0.3 is 20.5 Å². The number of ether oxygens (including phenoxy) is 1. The van der Waals surface area contributed by atoms with Gasteiger partial charge in [-0.3, -0.25) is 0 Å². The van der Waals surface area contributed by atoms with Crippen LogP contribution in [0.2, 0.25) is 0 Å². The second-order valence-corrected chi connectivity index (χ2v) is 5.16. The normalized spacial score (nSPS) is 11.8. The quantitative estimate of drug-likeness (QED) is 0.341. The number of benzene rings is 1. The maximum Gasteiger partial charge on any atom is 0.573 e. The van der Waals surface area contributed by atoms with E-state index >= 15 is 0 Å². The van der Waals surface area contributed by atoms with E-state index in [4.69, 9.17) is 5.11 Å². The van der Waals surface area contributed by atoms with Crippen LogP contribution in [0.15, 0.2) is 36.2 Å². The van der Waals surface area contributed by atoms with Crippen LogP contribution in [0.5, 0.6) is 5.75 Å². The number of aliphatic carboxylic acids is 1. The first-order chi connectivity index (χ1) is 12.2. The molecule has 3 N–H and O–H groups in total. The molecule has 0 aliphatic heterocycles. The molecule has 0 heterocycles. The molecule has 1 rings (SSSR count). The highest BCUT2D eigenvalue weighted by molar-refractivity contribution is 5.89. The number of rotatable bonds is 9. The summed E-state index contributed by atoms with van der Waals surface area (Å²) in [7, 11) is 0. The number of halogens is 4. The number of anilines is 1. The molecule has 6 nitrogen and oxygen atoms in total. The molecule has 0 fully saturated rings. The van der Waals surface area contributed by atoms with Gasteiger partial charge in [-0.15, -0.1) is 13.2 Å². The molecule has 0 aliphatic carbocycles. The Hall–Kier alpha value is -2.78. The van der Waals surface area contributed by atoms with Crippen molar-refractivity contribution in [2.75, 3.05) is 11.9 Å². The van der Waals surface area contributed by atoms with Crippen molar-refractivity contribution in [1.29, 1.82) is 0 Å². The largest absolute Gasteiger partial charge is 0.573 e. The zero-order valence-corrected chi connectivity index (χ0v) is 13.6. The average Bonchev–Trinajstić information content (AvgIpc) is 2.54. The van der Waals surface area contributed by atoms with E-state index < -0.39 is 29.9 Å². The van der Waals surface area contributed by atoms with Gasteiger partial charge in [-0.2, -0.15) is 4.39 Å². The van der Waals surface area contributed by atoms with Gasteiger partial charge in [0.1, 0.15) is 5.75 Å². The summed E-state index contributed by atoms with van der Waals surface area (Å²) in [5.41, 5.74) is 0.298. The van der Waals surface area contributed by atoms with Crippen molar-refractivity contribution in [3.8, 4) is 5.75 Å². The predicted molar refractivity (Wildman–Crippen MR) is 85.4 cm³/mol. The standard InChI is InChI=1S/C16H18F4N2O4/c17-13(14(23)24)5-3-1-2-4-10-21-15(25)22-11-6-8-12(9-7-11)26-16(18,19)20/h5-9H,1-4,10H2,(H,23,24)(H2,21,22,25)/b13-5+. The minimum absolute atomic E-state index is 0.288. The van der Waals surface area contributed by atoms with Gasteiger partial charge >= 0.3 is 18.4 Å². The molecule has 0 unspecified atom stereocenters. The van der Waals surface area contributed by atoms with E-state index in [-0.39, 0.29) is 6.42 Å². The van der Waals surface area contributed by atoms with Crippen LogP contribution in [0.3, 0.4) is 0 Å². The number of hydrogen-bond acceptors (Lipinski definition) is 3. The topological polar surface area (TPSA) is 87.7 Å². The molecule has 0 spiro atoms. The zero-order valence-electron chi connectivity index (χ0n) is 13.6. The number of carbonyl (C=O) groups excluding carboxylic acids is 1. The summed E-state index contributed by atoms with van der Waals surface area (Å²) in [5, 5.41) is 13.3. The van der Waals surface area contributed by atoms with Gasteiger partial charge in [-0.25, -0.2) is 9.59 Å². The van der Waals surface area contributed by atoms with Crippen LogP contribution >= 0.6 is 0 Å². The van der Waals surface area contributed by atoms with Gasteiger partial charge in [-0.1, -0.05) is 6.42 Å². The lowest BCUT2D eigenvalue weighted by molar-refractivity contribution is -0.274. The van der Waals surface area contributed by atoms with Crippen molar-refractivity contribution in [3.63, 3.8) is 0 Å². The predicted octanol–water partition coefficient (Wildman–Crippen LogP) is 4.21. The smallest absolute Gasteiger partial charge is 0.476 e. The van der Waals surface area contributed by atoms with E-state index in [9.17, 15) is 27.2 Å². The van der Waals surface area contributed by atoms with Crippen LogP contribution in [0.25, 0.3) is 0 Å². The Labute approximate surface area is 146 Å². The van der Waals surface area contributed by atoms with Gasteiger partial charge in [0.25, 0.3) is 0 Å². The summed E-state index contributed by atoms with van der Waals surface area (Å²) < 4.78 is 52.4. The number of nitrogens with one attached hydrogen (secondary N) is 2. The second-order valence-electron chi connectivity index (χ2n) is 5.16. The van der Waals surface area contributed by atoms with E-state index in [0.717, 1.165) is 18.2 Å². The highest BCUT2D eigenvalue weighted by Crippen LogP contribution is 2.23. The monoisotopic (exact) mass is 378 g/mol. The molecule has 26 heavy (non-hydrogen) atoms. The van der Waals surface area contributed by atoms with E-state index in [0.29, 0.717) is 31.5 Å². The Morgan fingerprint density at radius 3 is 2.35 bits per heavy atom. The average molecular weight is 378 g/mol. The third kappa shape index (κ3) is 9.50. The third-order valence-corrected chi connectivity index (χ3v) is 3.04. The van der Waals surface area contributed by atoms with Crippen molar-refractivity contribution in [2.24, 2.45) is 0 Å². The first-order valence-corrected chi connectivity index (χ1v) is 7.67. The van der Waals surface area contributed by atoms with Crippen LogP contribution in [-0.4, -0.2) is 30.0 Å². The third-order valence-electron chi connectivity index (χ3n) is 3.04. The van der Waals surface area contributed by atoms with E-state index in [2.05, 4.69) is 15.4 Å². The van der Waals surface area contributed by atoms with Gasteiger partial charge in [0.2, 0.25) is 5.83 Å². The Morgan fingerprint density at radius 2 is 1.77 bits per heavy atom. The van der Waals surface area contributed by atoms with Crippen molar-refractivity contribution in [2.45, 2.75) is 32.0 Å². The number of carboxylic acids is 1. The van der Waals surface area contributed by atoms with Gasteiger partial charge in [0.05, 0.1) is 0 Å². The number of alkyl halides is 3. The minimum Gasteiger partial charge on any atom is -0.476 e. The highest BCUT2D eigenvalue weighted by atomic mass is 19.4. The minimum atomic E-state index is -4.78. The Kier molecular flexibility index (Phi) is 8.40. The van der Waals surface area contributed by atoms with Crippen molar-refractivity contribution in [1.82, 2.24) is 5.32 Å². The molecule has 10 heteroatoms. The fourth-order valence-electron chi connectivity index (χ4n) is 1.88. The van der Waals surface area contributed by atoms with Crippen LogP contribution in [0.1, 0.15) is 25.7 Å². The summed E-state index contributed by atoms with van der Waals surface area (Å²) in [6, 6.07) is 4.17. The maximum absolute atomic E-state index is 12.7. The zero-order chi connectivity index (χ0) is 19.6. The highest BCUT2D eigenvalue weighted by Gasteiger charge is 2.30. The first-order valence-electron chi connectivity index (χ1n) is 7.67.